The van der Waals surface area contributed by atoms with Crippen molar-refractivity contribution in [2.24, 2.45) is 0 Å². The zero-order valence-corrected chi connectivity index (χ0v) is 10.4. The fraction of sp³-hybridized carbons (Fsp3) is 0.917. The smallest absolute Gasteiger partial charge is 0.305 e. The predicted octanol–water partition coefficient (Wildman–Crippen LogP) is 1.90. The molecule has 0 aromatic carbocycles. The van der Waals surface area contributed by atoms with Crippen LogP contribution in [0.15, 0.2) is 0 Å². The Balaban J connectivity index is 3.24. The Hall–Kier alpha value is -0.610. The van der Waals surface area contributed by atoms with Crippen LogP contribution in [0, 0.1) is 0 Å². The highest BCUT2D eigenvalue weighted by Gasteiger charge is 2.05. The number of hydrogen-bond acceptors (Lipinski definition) is 4. The molecule has 0 radical (unpaired) electrons. The summed E-state index contributed by atoms with van der Waals surface area (Å²) in [5, 5.41) is 8.55. The van der Waals surface area contributed by atoms with Gasteiger partial charge < -0.3 is 14.6 Å². The zero-order chi connectivity index (χ0) is 12.2. The van der Waals surface area contributed by atoms with E-state index in [4.69, 9.17) is 14.6 Å². The van der Waals surface area contributed by atoms with Crippen molar-refractivity contribution < 1.29 is 19.4 Å². The van der Waals surface area contributed by atoms with Crippen molar-refractivity contribution in [2.45, 2.75) is 51.6 Å². The molecule has 0 saturated heterocycles. The van der Waals surface area contributed by atoms with Gasteiger partial charge in [0, 0.05) is 20.1 Å². The molecule has 0 aromatic rings. The van der Waals surface area contributed by atoms with E-state index in [2.05, 4.69) is 0 Å². The lowest BCUT2D eigenvalue weighted by molar-refractivity contribution is -0.144. The van der Waals surface area contributed by atoms with Crippen LogP contribution in [0.25, 0.3) is 0 Å². The maximum absolute atomic E-state index is 11.2. The quantitative estimate of drug-likeness (QED) is 0.461. The van der Waals surface area contributed by atoms with Gasteiger partial charge >= 0.3 is 5.97 Å². The number of methoxy groups -OCH3 is 1. The summed E-state index contributed by atoms with van der Waals surface area (Å²) < 4.78 is 10.1. The van der Waals surface area contributed by atoms with Crippen LogP contribution in [0.4, 0.5) is 0 Å². The summed E-state index contributed by atoms with van der Waals surface area (Å²) in [7, 11) is 1.67. The van der Waals surface area contributed by atoms with Crippen LogP contribution in [-0.2, 0) is 14.3 Å². The first-order valence-corrected chi connectivity index (χ1v) is 6.00. The van der Waals surface area contributed by atoms with E-state index in [1.165, 1.54) is 0 Å². The van der Waals surface area contributed by atoms with Crippen LogP contribution in [0.3, 0.4) is 0 Å². The number of rotatable bonds is 10. The van der Waals surface area contributed by atoms with Crippen molar-refractivity contribution >= 4 is 5.97 Å². The summed E-state index contributed by atoms with van der Waals surface area (Å²) in [6.07, 6.45) is 4.89. The molecule has 0 fully saturated rings. The molecule has 0 bridgehead atoms. The molecule has 96 valence electrons. The number of carbonyl (C=O) groups excluding carboxylic acids is 1. The van der Waals surface area contributed by atoms with Crippen LogP contribution in [-0.4, -0.2) is 37.5 Å². The molecule has 0 amide bonds. The van der Waals surface area contributed by atoms with E-state index in [-0.39, 0.29) is 18.7 Å². The third-order valence-corrected chi connectivity index (χ3v) is 2.46. The molecule has 1 atom stereocenters. The number of esters is 1. The number of unbranched alkanes of at least 4 members (excludes halogenated alkanes) is 2. The second kappa shape index (κ2) is 10.9. The highest BCUT2D eigenvalue weighted by molar-refractivity contribution is 5.69. The average molecular weight is 232 g/mol. The maximum Gasteiger partial charge on any atom is 0.305 e. The predicted molar refractivity (Wildman–Crippen MR) is 62.2 cm³/mol. The molecule has 0 saturated carbocycles. The average Bonchev–Trinajstić information content (AvgIpc) is 2.28. The van der Waals surface area contributed by atoms with Crippen molar-refractivity contribution in [3.05, 3.63) is 0 Å². The largest absolute Gasteiger partial charge is 0.466 e. The van der Waals surface area contributed by atoms with Gasteiger partial charge in [-0.05, 0) is 39.0 Å². The summed E-state index contributed by atoms with van der Waals surface area (Å²) >= 11 is 0. The molecule has 16 heavy (non-hydrogen) atoms. The molecule has 0 aliphatic rings. The molecule has 0 aromatic heterocycles. The first-order chi connectivity index (χ1) is 7.70. The number of ether oxygens (including phenoxy) is 2. The molecule has 0 aliphatic heterocycles. The van der Waals surface area contributed by atoms with Crippen molar-refractivity contribution in [1.82, 2.24) is 0 Å². The van der Waals surface area contributed by atoms with E-state index >= 15 is 0 Å². The lowest BCUT2D eigenvalue weighted by Crippen LogP contribution is -2.09. The van der Waals surface area contributed by atoms with Gasteiger partial charge in [-0.15, -0.1) is 0 Å². The Labute approximate surface area is 97.9 Å². The molecule has 0 rings (SSSR count). The Kier molecular flexibility index (Phi) is 10.5. The first-order valence-electron chi connectivity index (χ1n) is 6.00. The van der Waals surface area contributed by atoms with E-state index in [0.717, 1.165) is 32.1 Å². The lowest BCUT2D eigenvalue weighted by Gasteiger charge is -2.08. The van der Waals surface area contributed by atoms with Crippen molar-refractivity contribution in [3.63, 3.8) is 0 Å². The van der Waals surface area contributed by atoms with Crippen molar-refractivity contribution in [1.29, 1.82) is 0 Å². The van der Waals surface area contributed by atoms with Gasteiger partial charge in [-0.1, -0.05) is 0 Å². The van der Waals surface area contributed by atoms with Gasteiger partial charge in [-0.2, -0.15) is 0 Å². The Morgan fingerprint density at radius 1 is 1.25 bits per heavy atom. The Bertz CT molecular complexity index is 170. The fourth-order valence-corrected chi connectivity index (χ4v) is 1.30. The molecule has 1 N–H and O–H groups in total. The molecule has 0 spiro atoms. The molecular weight excluding hydrogens is 208 g/mol. The second-order valence-corrected chi connectivity index (χ2v) is 3.94. The molecule has 1 unspecified atom stereocenters. The van der Waals surface area contributed by atoms with Gasteiger partial charge in [0.05, 0.1) is 12.7 Å². The molecule has 4 heteroatoms. The molecule has 0 aliphatic carbocycles. The second-order valence-electron chi connectivity index (χ2n) is 3.94. The Morgan fingerprint density at radius 2 is 2.00 bits per heavy atom. The fourth-order valence-electron chi connectivity index (χ4n) is 1.30. The van der Waals surface area contributed by atoms with Crippen LogP contribution >= 0.6 is 0 Å². The summed E-state index contributed by atoms with van der Waals surface area (Å²) in [5.74, 6) is -0.132. The normalized spacial score (nSPS) is 12.4. The van der Waals surface area contributed by atoms with E-state index in [1.54, 1.807) is 7.11 Å². The number of aliphatic hydroxyl groups excluding tert-OH is 1. The van der Waals surface area contributed by atoms with Gasteiger partial charge in [0.15, 0.2) is 0 Å². The van der Waals surface area contributed by atoms with Gasteiger partial charge in [-0.25, -0.2) is 0 Å². The molecule has 0 heterocycles. The van der Waals surface area contributed by atoms with Gasteiger partial charge in [0.25, 0.3) is 0 Å². The van der Waals surface area contributed by atoms with Gasteiger partial charge in [0.1, 0.15) is 0 Å². The van der Waals surface area contributed by atoms with Gasteiger partial charge in [-0.3, -0.25) is 4.79 Å². The highest BCUT2D eigenvalue weighted by Crippen LogP contribution is 2.04. The standard InChI is InChI=1S/C12H24O4/c1-11(15-2)7-6-8-12(14)16-10-5-3-4-9-13/h11,13H,3-10H2,1-2H3. The third-order valence-electron chi connectivity index (χ3n) is 2.46. The van der Waals surface area contributed by atoms with E-state index in [1.807, 2.05) is 6.92 Å². The molecule has 4 nitrogen and oxygen atoms in total. The minimum absolute atomic E-state index is 0.132. The van der Waals surface area contributed by atoms with Gasteiger partial charge in [0.2, 0.25) is 0 Å². The summed E-state index contributed by atoms with van der Waals surface area (Å²) in [6.45, 7) is 2.67. The number of carbonyl (C=O) groups is 1. The monoisotopic (exact) mass is 232 g/mol. The van der Waals surface area contributed by atoms with E-state index in [9.17, 15) is 4.79 Å². The minimum Gasteiger partial charge on any atom is -0.466 e. The highest BCUT2D eigenvalue weighted by atomic mass is 16.5. The first kappa shape index (κ1) is 15.4. The van der Waals surface area contributed by atoms with Crippen molar-refractivity contribution in [2.75, 3.05) is 20.3 Å². The van der Waals surface area contributed by atoms with Crippen LogP contribution < -0.4 is 0 Å². The number of aliphatic hydroxyl groups is 1. The zero-order valence-electron chi connectivity index (χ0n) is 10.4. The number of hydrogen-bond donors (Lipinski definition) is 1. The summed E-state index contributed by atoms with van der Waals surface area (Å²) in [6, 6.07) is 0. The van der Waals surface area contributed by atoms with Crippen LogP contribution in [0.2, 0.25) is 0 Å². The summed E-state index contributed by atoms with van der Waals surface area (Å²) in [5.41, 5.74) is 0. The van der Waals surface area contributed by atoms with E-state index < -0.39 is 0 Å². The lowest BCUT2D eigenvalue weighted by atomic mass is 10.2. The van der Waals surface area contributed by atoms with E-state index in [0.29, 0.717) is 13.0 Å². The molecular formula is C12H24O4. The third kappa shape index (κ3) is 9.93. The van der Waals surface area contributed by atoms with Crippen molar-refractivity contribution in [3.8, 4) is 0 Å². The topological polar surface area (TPSA) is 55.8 Å². The van der Waals surface area contributed by atoms with Crippen LogP contribution in [0.1, 0.15) is 45.4 Å². The summed E-state index contributed by atoms with van der Waals surface area (Å²) in [4.78, 5) is 11.2. The minimum atomic E-state index is -0.132. The van der Waals surface area contributed by atoms with Crippen LogP contribution in [0.5, 0.6) is 0 Å². The maximum atomic E-state index is 11.2. The SMILES string of the molecule is COC(C)CCCC(=O)OCCCCCO. The Morgan fingerprint density at radius 3 is 2.62 bits per heavy atom.